The number of rotatable bonds is 7. The van der Waals surface area contributed by atoms with Gasteiger partial charge in [0.2, 0.25) is 0 Å². The largest absolute Gasteiger partial charge is 0.382 e. The van der Waals surface area contributed by atoms with Crippen molar-refractivity contribution in [3.05, 3.63) is 29.8 Å². The summed E-state index contributed by atoms with van der Waals surface area (Å²) in [6.45, 7) is 5.82. The molecule has 0 saturated heterocycles. The lowest BCUT2D eigenvalue weighted by molar-refractivity contribution is 0.189. The molecule has 2 rings (SSSR count). The zero-order valence-corrected chi connectivity index (χ0v) is 14.6. The molecule has 1 N–H and O–H groups in total. The first kappa shape index (κ1) is 17.6. The Labute approximate surface area is 137 Å². The molecule has 0 bridgehead atoms. The molecule has 1 saturated carbocycles. The van der Waals surface area contributed by atoms with Crippen molar-refractivity contribution >= 4 is 16.1 Å². The van der Waals surface area contributed by atoms with Crippen LogP contribution in [0.3, 0.4) is 0 Å². The van der Waals surface area contributed by atoms with Gasteiger partial charge in [-0.1, -0.05) is 12.1 Å². The van der Waals surface area contributed by atoms with E-state index in [0.29, 0.717) is 6.54 Å². The fourth-order valence-electron chi connectivity index (χ4n) is 2.18. The molecule has 0 heterocycles. The summed E-state index contributed by atoms with van der Waals surface area (Å²) >= 11 is 0. The Bertz CT molecular complexity index is 654. The van der Waals surface area contributed by atoms with Crippen LogP contribution in [0.15, 0.2) is 24.3 Å². The Morgan fingerprint density at radius 2 is 2.09 bits per heavy atom. The second-order valence-electron chi connectivity index (χ2n) is 6.04. The second-order valence-corrected chi connectivity index (χ2v) is 7.90. The van der Waals surface area contributed by atoms with E-state index >= 15 is 0 Å². The zero-order chi connectivity index (χ0) is 17.0. The minimum absolute atomic E-state index is 0.0770. The SMILES string of the molecule is CCS(=O)(=O)Oc1cccc(CN(C(=O)NC(C)C)C2CC2)c1. The molecule has 2 amide bonds. The van der Waals surface area contributed by atoms with E-state index in [2.05, 4.69) is 5.32 Å². The summed E-state index contributed by atoms with van der Waals surface area (Å²) in [6.07, 6.45) is 2.01. The average molecular weight is 340 g/mol. The summed E-state index contributed by atoms with van der Waals surface area (Å²) in [6, 6.07) is 7.13. The Morgan fingerprint density at radius 3 is 2.65 bits per heavy atom. The molecule has 7 heteroatoms. The zero-order valence-electron chi connectivity index (χ0n) is 13.8. The molecule has 0 aliphatic heterocycles. The molecule has 1 aromatic carbocycles. The van der Waals surface area contributed by atoms with Gasteiger partial charge in [-0.2, -0.15) is 8.42 Å². The maximum absolute atomic E-state index is 12.3. The van der Waals surface area contributed by atoms with Crippen LogP contribution in [0.4, 0.5) is 4.79 Å². The maximum atomic E-state index is 12.3. The number of hydrogen-bond donors (Lipinski definition) is 1. The van der Waals surface area contributed by atoms with Gasteiger partial charge in [0.05, 0.1) is 5.75 Å². The lowest BCUT2D eigenvalue weighted by Gasteiger charge is -2.24. The van der Waals surface area contributed by atoms with E-state index in [-0.39, 0.29) is 29.6 Å². The highest BCUT2D eigenvalue weighted by molar-refractivity contribution is 7.87. The monoisotopic (exact) mass is 340 g/mol. The van der Waals surface area contributed by atoms with Crippen LogP contribution in [0, 0.1) is 0 Å². The van der Waals surface area contributed by atoms with E-state index < -0.39 is 10.1 Å². The normalized spacial score (nSPS) is 14.6. The van der Waals surface area contributed by atoms with Crippen molar-refractivity contribution in [2.24, 2.45) is 0 Å². The molecule has 128 valence electrons. The molecule has 0 unspecified atom stereocenters. The summed E-state index contributed by atoms with van der Waals surface area (Å²) in [7, 11) is -3.55. The highest BCUT2D eigenvalue weighted by atomic mass is 32.2. The molecule has 1 aromatic rings. The number of nitrogens with one attached hydrogen (secondary N) is 1. The van der Waals surface area contributed by atoms with Crippen molar-refractivity contribution in [2.75, 3.05) is 5.75 Å². The predicted molar refractivity (Wildman–Crippen MR) is 88.8 cm³/mol. The van der Waals surface area contributed by atoms with Gasteiger partial charge < -0.3 is 14.4 Å². The molecule has 0 atom stereocenters. The molecule has 6 nitrogen and oxygen atoms in total. The van der Waals surface area contributed by atoms with E-state index in [1.54, 1.807) is 23.1 Å². The third-order valence-electron chi connectivity index (χ3n) is 3.49. The first-order valence-corrected chi connectivity index (χ1v) is 9.46. The highest BCUT2D eigenvalue weighted by Gasteiger charge is 2.32. The molecule has 0 radical (unpaired) electrons. The van der Waals surface area contributed by atoms with Gasteiger partial charge >= 0.3 is 16.1 Å². The number of carbonyl (C=O) groups is 1. The molecular weight excluding hydrogens is 316 g/mol. The van der Waals surface area contributed by atoms with Crippen molar-refractivity contribution in [2.45, 2.75) is 52.2 Å². The third kappa shape index (κ3) is 5.42. The number of carbonyl (C=O) groups excluding carboxylic acids is 1. The molecule has 0 aromatic heterocycles. The summed E-state index contributed by atoms with van der Waals surface area (Å²) in [5.41, 5.74) is 0.847. The Hall–Kier alpha value is -1.76. The predicted octanol–water partition coefficient (Wildman–Crippen LogP) is 2.50. The smallest absolute Gasteiger partial charge is 0.318 e. The summed E-state index contributed by atoms with van der Waals surface area (Å²) in [5.74, 6) is 0.201. The Morgan fingerprint density at radius 1 is 1.39 bits per heavy atom. The van der Waals surface area contributed by atoms with Crippen molar-refractivity contribution in [3.8, 4) is 5.75 Å². The summed E-state index contributed by atoms with van der Waals surface area (Å²) < 4.78 is 28.1. The number of amides is 2. The number of urea groups is 1. The second kappa shape index (κ2) is 7.21. The number of hydrogen-bond acceptors (Lipinski definition) is 4. The highest BCUT2D eigenvalue weighted by Crippen LogP contribution is 2.29. The van der Waals surface area contributed by atoms with Gasteiger partial charge in [-0.25, -0.2) is 4.79 Å². The quantitative estimate of drug-likeness (QED) is 0.774. The van der Waals surface area contributed by atoms with Crippen LogP contribution in [-0.4, -0.2) is 37.2 Å². The van der Waals surface area contributed by atoms with Gasteiger partial charge in [0.1, 0.15) is 5.75 Å². The third-order valence-corrected chi connectivity index (χ3v) is 4.64. The van der Waals surface area contributed by atoms with Crippen LogP contribution >= 0.6 is 0 Å². The van der Waals surface area contributed by atoms with E-state index in [1.165, 1.54) is 6.92 Å². The Balaban J connectivity index is 2.10. The minimum Gasteiger partial charge on any atom is -0.382 e. The average Bonchev–Trinajstić information content (AvgIpc) is 3.28. The molecule has 0 spiro atoms. The van der Waals surface area contributed by atoms with E-state index in [9.17, 15) is 13.2 Å². The fraction of sp³-hybridized carbons (Fsp3) is 0.562. The van der Waals surface area contributed by atoms with Gasteiger partial charge in [-0.3, -0.25) is 0 Å². The summed E-state index contributed by atoms with van der Waals surface area (Å²) in [5, 5.41) is 2.91. The van der Waals surface area contributed by atoms with Gasteiger partial charge in [0.25, 0.3) is 0 Å². The molecule has 23 heavy (non-hydrogen) atoms. The van der Waals surface area contributed by atoms with Crippen molar-refractivity contribution in [3.63, 3.8) is 0 Å². The Kier molecular flexibility index (Phi) is 5.51. The van der Waals surface area contributed by atoms with Gasteiger partial charge in [-0.05, 0) is 51.3 Å². The maximum Gasteiger partial charge on any atom is 0.318 e. The van der Waals surface area contributed by atoms with Crippen LogP contribution in [0.5, 0.6) is 5.75 Å². The molecule has 1 aliphatic rings. The van der Waals surface area contributed by atoms with E-state index in [4.69, 9.17) is 4.18 Å². The first-order valence-electron chi connectivity index (χ1n) is 7.89. The first-order chi connectivity index (χ1) is 10.8. The van der Waals surface area contributed by atoms with Gasteiger partial charge in [0.15, 0.2) is 0 Å². The van der Waals surface area contributed by atoms with Crippen LogP contribution in [-0.2, 0) is 16.7 Å². The van der Waals surface area contributed by atoms with Crippen molar-refractivity contribution in [1.82, 2.24) is 10.2 Å². The number of benzene rings is 1. The van der Waals surface area contributed by atoms with E-state index in [1.807, 2.05) is 19.9 Å². The van der Waals surface area contributed by atoms with Crippen LogP contribution < -0.4 is 9.50 Å². The molecular formula is C16H24N2O4S. The van der Waals surface area contributed by atoms with Crippen LogP contribution in [0.2, 0.25) is 0 Å². The lowest BCUT2D eigenvalue weighted by Crippen LogP contribution is -2.43. The van der Waals surface area contributed by atoms with Gasteiger partial charge in [-0.15, -0.1) is 0 Å². The standard InChI is InChI=1S/C16H24N2O4S/c1-4-23(20,21)22-15-7-5-6-13(10-15)11-18(14-8-9-14)16(19)17-12(2)3/h5-7,10,12,14H,4,8-9,11H2,1-3H3,(H,17,19). The van der Waals surface area contributed by atoms with Crippen LogP contribution in [0.1, 0.15) is 39.2 Å². The summed E-state index contributed by atoms with van der Waals surface area (Å²) in [4.78, 5) is 14.1. The number of nitrogens with zero attached hydrogens (tertiary/aromatic N) is 1. The van der Waals surface area contributed by atoms with Crippen LogP contribution in [0.25, 0.3) is 0 Å². The lowest BCUT2D eigenvalue weighted by atomic mass is 10.2. The fourth-order valence-corrected chi connectivity index (χ4v) is 2.70. The molecule has 1 aliphatic carbocycles. The van der Waals surface area contributed by atoms with Gasteiger partial charge in [0, 0.05) is 18.6 Å². The molecule has 1 fully saturated rings. The minimum atomic E-state index is -3.55. The van der Waals surface area contributed by atoms with E-state index in [0.717, 1.165) is 18.4 Å². The topological polar surface area (TPSA) is 75.7 Å². The van der Waals surface area contributed by atoms with Crippen molar-refractivity contribution < 1.29 is 17.4 Å². The van der Waals surface area contributed by atoms with Crippen molar-refractivity contribution in [1.29, 1.82) is 0 Å².